The minimum atomic E-state index is -0.266. The number of hydrogen-bond acceptors (Lipinski definition) is 1. The van der Waals surface area contributed by atoms with Crippen molar-refractivity contribution in [3.05, 3.63) is 0 Å². The van der Waals surface area contributed by atoms with Crippen molar-refractivity contribution in [1.29, 1.82) is 0 Å². The largest absolute Gasteiger partial charge is 0.355 e. The summed E-state index contributed by atoms with van der Waals surface area (Å²) in [7, 11) is 0. The molecule has 0 aromatic heterocycles. The number of rotatable bonds is 4. The van der Waals surface area contributed by atoms with Crippen LogP contribution in [0, 0.1) is 16.7 Å². The summed E-state index contributed by atoms with van der Waals surface area (Å²) in [6, 6.07) is 0. The summed E-state index contributed by atoms with van der Waals surface area (Å²) in [6.45, 7) is 11.4. The standard InChI is InChI=1S/C15H29NO/c1-12(2)10-15(8-6-7-9-15)11-16-13(17)14(3,4)5/h12H,6-11H2,1-5H3,(H,16,17). The summed E-state index contributed by atoms with van der Waals surface area (Å²) in [5, 5.41) is 3.17. The second-order valence-corrected chi connectivity index (χ2v) is 7.24. The summed E-state index contributed by atoms with van der Waals surface area (Å²) in [5.74, 6) is 0.909. The number of amides is 1. The van der Waals surface area contributed by atoms with Crippen molar-refractivity contribution >= 4 is 5.91 Å². The first-order valence-corrected chi connectivity index (χ1v) is 7.03. The second-order valence-electron chi connectivity index (χ2n) is 7.24. The van der Waals surface area contributed by atoms with Gasteiger partial charge in [-0.3, -0.25) is 4.79 Å². The van der Waals surface area contributed by atoms with Gasteiger partial charge in [0, 0.05) is 12.0 Å². The van der Waals surface area contributed by atoms with Crippen molar-refractivity contribution in [3.63, 3.8) is 0 Å². The molecule has 1 aliphatic carbocycles. The van der Waals surface area contributed by atoms with Gasteiger partial charge in [0.2, 0.25) is 5.91 Å². The molecule has 0 aliphatic heterocycles. The molecule has 1 saturated carbocycles. The van der Waals surface area contributed by atoms with Gasteiger partial charge in [0.1, 0.15) is 0 Å². The summed E-state index contributed by atoms with van der Waals surface area (Å²) < 4.78 is 0. The first kappa shape index (κ1) is 14.5. The van der Waals surface area contributed by atoms with E-state index in [4.69, 9.17) is 0 Å². The fourth-order valence-electron chi connectivity index (χ4n) is 2.98. The van der Waals surface area contributed by atoms with Crippen molar-refractivity contribution < 1.29 is 4.79 Å². The van der Waals surface area contributed by atoms with Gasteiger partial charge < -0.3 is 5.32 Å². The average Bonchev–Trinajstić information content (AvgIpc) is 2.60. The Balaban J connectivity index is 2.54. The first-order valence-electron chi connectivity index (χ1n) is 7.03. The predicted molar refractivity (Wildman–Crippen MR) is 72.8 cm³/mol. The molecule has 0 radical (unpaired) electrons. The van der Waals surface area contributed by atoms with E-state index in [1.54, 1.807) is 0 Å². The Morgan fingerprint density at radius 1 is 1.24 bits per heavy atom. The zero-order valence-electron chi connectivity index (χ0n) is 12.2. The fraction of sp³-hybridized carbons (Fsp3) is 0.933. The van der Waals surface area contributed by atoms with E-state index in [2.05, 4.69) is 19.2 Å². The SMILES string of the molecule is CC(C)CC1(CNC(=O)C(C)(C)C)CCCC1. The van der Waals surface area contributed by atoms with Gasteiger partial charge in [-0.1, -0.05) is 47.5 Å². The van der Waals surface area contributed by atoms with Gasteiger partial charge in [0.05, 0.1) is 0 Å². The molecule has 1 amide bonds. The lowest BCUT2D eigenvalue weighted by atomic mass is 9.78. The summed E-state index contributed by atoms with van der Waals surface area (Å²) in [5.41, 5.74) is 0.118. The monoisotopic (exact) mass is 239 g/mol. The Morgan fingerprint density at radius 3 is 2.18 bits per heavy atom. The van der Waals surface area contributed by atoms with Crippen LogP contribution in [0.3, 0.4) is 0 Å². The molecule has 1 aliphatic rings. The van der Waals surface area contributed by atoms with Gasteiger partial charge in [-0.2, -0.15) is 0 Å². The predicted octanol–water partition coefficient (Wildman–Crippen LogP) is 3.76. The van der Waals surface area contributed by atoms with Crippen LogP contribution in [0.15, 0.2) is 0 Å². The third-order valence-corrected chi connectivity index (χ3v) is 3.81. The highest BCUT2D eigenvalue weighted by atomic mass is 16.2. The minimum Gasteiger partial charge on any atom is -0.355 e. The van der Waals surface area contributed by atoms with E-state index >= 15 is 0 Å². The number of nitrogens with one attached hydrogen (secondary N) is 1. The van der Waals surface area contributed by atoms with Crippen molar-refractivity contribution in [1.82, 2.24) is 5.32 Å². The number of carbonyl (C=O) groups excluding carboxylic acids is 1. The summed E-state index contributed by atoms with van der Waals surface area (Å²) in [6.07, 6.45) is 6.48. The normalized spacial score (nSPS) is 19.6. The molecule has 17 heavy (non-hydrogen) atoms. The van der Waals surface area contributed by atoms with Crippen molar-refractivity contribution in [2.45, 2.75) is 66.7 Å². The van der Waals surface area contributed by atoms with E-state index in [0.717, 1.165) is 12.5 Å². The quantitative estimate of drug-likeness (QED) is 0.795. The Hall–Kier alpha value is -0.530. The van der Waals surface area contributed by atoms with Crippen molar-refractivity contribution in [2.24, 2.45) is 16.7 Å². The molecule has 1 N–H and O–H groups in total. The molecule has 0 bridgehead atoms. The molecule has 0 saturated heterocycles. The zero-order chi connectivity index (χ0) is 13.1. The molecule has 2 heteroatoms. The van der Waals surface area contributed by atoms with E-state index in [1.165, 1.54) is 32.1 Å². The van der Waals surface area contributed by atoms with E-state index in [1.807, 2.05) is 20.8 Å². The zero-order valence-corrected chi connectivity index (χ0v) is 12.2. The Kier molecular flexibility index (Phi) is 4.62. The summed E-state index contributed by atoms with van der Waals surface area (Å²) in [4.78, 5) is 11.9. The van der Waals surface area contributed by atoms with Crippen LogP contribution in [-0.4, -0.2) is 12.5 Å². The van der Waals surface area contributed by atoms with Crippen LogP contribution in [0.4, 0.5) is 0 Å². The highest BCUT2D eigenvalue weighted by molar-refractivity contribution is 5.81. The van der Waals surface area contributed by atoms with Crippen LogP contribution in [0.2, 0.25) is 0 Å². The Labute approximate surface area is 107 Å². The highest BCUT2D eigenvalue weighted by Crippen LogP contribution is 2.42. The Morgan fingerprint density at radius 2 is 1.76 bits per heavy atom. The molecule has 1 rings (SSSR count). The van der Waals surface area contributed by atoms with Gasteiger partial charge in [0.25, 0.3) is 0 Å². The molecule has 0 spiro atoms. The van der Waals surface area contributed by atoms with Crippen LogP contribution in [-0.2, 0) is 4.79 Å². The van der Waals surface area contributed by atoms with Crippen LogP contribution >= 0.6 is 0 Å². The number of carbonyl (C=O) groups is 1. The molecular formula is C15H29NO. The Bertz CT molecular complexity index is 257. The lowest BCUT2D eigenvalue weighted by molar-refractivity contribution is -0.129. The lowest BCUT2D eigenvalue weighted by Crippen LogP contribution is -2.41. The van der Waals surface area contributed by atoms with E-state index in [-0.39, 0.29) is 11.3 Å². The highest BCUT2D eigenvalue weighted by Gasteiger charge is 2.35. The lowest BCUT2D eigenvalue weighted by Gasteiger charge is -2.32. The molecule has 0 heterocycles. The van der Waals surface area contributed by atoms with E-state index < -0.39 is 0 Å². The second kappa shape index (κ2) is 5.41. The molecule has 0 unspecified atom stereocenters. The van der Waals surface area contributed by atoms with Crippen molar-refractivity contribution in [3.8, 4) is 0 Å². The van der Waals surface area contributed by atoms with E-state index in [9.17, 15) is 4.79 Å². The molecule has 100 valence electrons. The summed E-state index contributed by atoms with van der Waals surface area (Å²) >= 11 is 0. The molecular weight excluding hydrogens is 210 g/mol. The smallest absolute Gasteiger partial charge is 0.225 e. The molecule has 1 fully saturated rings. The fourth-order valence-corrected chi connectivity index (χ4v) is 2.98. The molecule has 0 aromatic rings. The van der Waals surface area contributed by atoms with Gasteiger partial charge >= 0.3 is 0 Å². The molecule has 0 atom stereocenters. The first-order chi connectivity index (χ1) is 7.75. The maximum Gasteiger partial charge on any atom is 0.225 e. The molecule has 2 nitrogen and oxygen atoms in total. The number of hydrogen-bond donors (Lipinski definition) is 1. The third-order valence-electron chi connectivity index (χ3n) is 3.81. The van der Waals surface area contributed by atoms with Crippen LogP contribution < -0.4 is 5.32 Å². The van der Waals surface area contributed by atoms with Crippen molar-refractivity contribution in [2.75, 3.05) is 6.54 Å². The van der Waals surface area contributed by atoms with Gasteiger partial charge in [-0.05, 0) is 30.6 Å². The molecule has 0 aromatic carbocycles. The van der Waals surface area contributed by atoms with Crippen LogP contribution in [0.25, 0.3) is 0 Å². The van der Waals surface area contributed by atoms with Gasteiger partial charge in [-0.15, -0.1) is 0 Å². The van der Waals surface area contributed by atoms with Crippen LogP contribution in [0.1, 0.15) is 66.7 Å². The van der Waals surface area contributed by atoms with Crippen LogP contribution in [0.5, 0.6) is 0 Å². The maximum atomic E-state index is 11.9. The maximum absolute atomic E-state index is 11.9. The van der Waals surface area contributed by atoms with Gasteiger partial charge in [0.15, 0.2) is 0 Å². The third kappa shape index (κ3) is 4.33. The topological polar surface area (TPSA) is 29.1 Å². The van der Waals surface area contributed by atoms with Gasteiger partial charge in [-0.25, -0.2) is 0 Å². The van der Waals surface area contributed by atoms with E-state index in [0.29, 0.717) is 5.41 Å². The minimum absolute atomic E-state index is 0.188. The average molecular weight is 239 g/mol.